The van der Waals surface area contributed by atoms with E-state index in [0.29, 0.717) is 30.1 Å². The predicted octanol–water partition coefficient (Wildman–Crippen LogP) is 5.55. The van der Waals surface area contributed by atoms with Crippen molar-refractivity contribution >= 4 is 5.97 Å². The molecule has 5 nitrogen and oxygen atoms in total. The highest BCUT2D eigenvalue weighted by atomic mass is 19.1. The second-order valence-electron chi connectivity index (χ2n) is 8.89. The highest BCUT2D eigenvalue weighted by Gasteiger charge is 2.34. The molecule has 2 saturated carbocycles. The minimum atomic E-state index is -0.764. The van der Waals surface area contributed by atoms with Crippen LogP contribution in [-0.2, 0) is 4.79 Å². The summed E-state index contributed by atoms with van der Waals surface area (Å²) >= 11 is 0. The zero-order valence-electron chi connectivity index (χ0n) is 17.9. The molecule has 2 aliphatic carbocycles. The molecule has 166 valence electrons. The number of benzene rings is 1. The number of carboxylic acid groups (broad SMARTS) is 1. The van der Waals surface area contributed by atoms with Gasteiger partial charge < -0.3 is 14.6 Å². The number of carboxylic acids is 1. The van der Waals surface area contributed by atoms with Crippen LogP contribution < -0.4 is 9.47 Å². The molecule has 2 fully saturated rings. The van der Waals surface area contributed by atoms with Crippen LogP contribution in [-0.4, -0.2) is 29.8 Å². The van der Waals surface area contributed by atoms with Crippen LogP contribution in [0, 0.1) is 17.7 Å². The molecule has 0 spiro atoms. The Bertz CT molecular complexity index is 906. The lowest BCUT2D eigenvalue weighted by atomic mass is 9.79. The molecular weight excluding hydrogens is 397 g/mol. The van der Waals surface area contributed by atoms with E-state index in [9.17, 15) is 14.3 Å². The predicted molar refractivity (Wildman–Crippen MR) is 115 cm³/mol. The van der Waals surface area contributed by atoms with E-state index in [1.54, 1.807) is 19.4 Å². The van der Waals surface area contributed by atoms with Gasteiger partial charge in [0.05, 0.1) is 20.1 Å². The number of hydrogen-bond acceptors (Lipinski definition) is 4. The first kappa shape index (κ1) is 21.6. The van der Waals surface area contributed by atoms with Gasteiger partial charge in [0.2, 0.25) is 5.88 Å². The minimum Gasteiger partial charge on any atom is -0.497 e. The van der Waals surface area contributed by atoms with Gasteiger partial charge in [-0.15, -0.1) is 0 Å². The fourth-order valence-electron chi connectivity index (χ4n) is 4.78. The van der Waals surface area contributed by atoms with Crippen LogP contribution in [0.25, 0.3) is 0 Å². The Kier molecular flexibility index (Phi) is 6.73. The summed E-state index contributed by atoms with van der Waals surface area (Å²) in [5.74, 6) is 1.45. The van der Waals surface area contributed by atoms with Crippen LogP contribution >= 0.6 is 0 Å². The standard InChI is InChI=1S/C25H30FNO4/c1-30-20-8-9-23(26)22(13-20)18-4-2-16(3-5-18)15-31-24-12-19(10-11-27-24)21(14-25(28)29)17-6-7-17/h8-13,16-18,21H,2-7,14-15H2,1H3,(H,28,29)/t16?,18?,21-/m0/s1. The van der Waals surface area contributed by atoms with Crippen molar-refractivity contribution in [3.63, 3.8) is 0 Å². The summed E-state index contributed by atoms with van der Waals surface area (Å²) in [4.78, 5) is 15.6. The van der Waals surface area contributed by atoms with E-state index in [-0.39, 0.29) is 24.1 Å². The lowest BCUT2D eigenvalue weighted by Gasteiger charge is -2.29. The topological polar surface area (TPSA) is 68.7 Å². The second kappa shape index (κ2) is 9.67. The molecule has 6 heteroatoms. The molecule has 0 aliphatic heterocycles. The first-order valence-corrected chi connectivity index (χ1v) is 11.2. The van der Waals surface area contributed by atoms with E-state index in [4.69, 9.17) is 9.47 Å². The Morgan fingerprint density at radius 3 is 2.61 bits per heavy atom. The van der Waals surface area contributed by atoms with Crippen molar-refractivity contribution in [1.82, 2.24) is 4.98 Å². The Balaban J connectivity index is 1.31. The number of pyridine rings is 1. The molecule has 2 aliphatic rings. The normalized spacial score (nSPS) is 22.0. The maximum Gasteiger partial charge on any atom is 0.303 e. The summed E-state index contributed by atoms with van der Waals surface area (Å²) in [6, 6.07) is 8.78. The molecule has 1 N–H and O–H groups in total. The minimum absolute atomic E-state index is 0.0380. The van der Waals surface area contributed by atoms with Gasteiger partial charge in [-0.3, -0.25) is 4.79 Å². The zero-order valence-corrected chi connectivity index (χ0v) is 17.9. The molecule has 0 saturated heterocycles. The third kappa shape index (κ3) is 5.54. The molecule has 31 heavy (non-hydrogen) atoms. The van der Waals surface area contributed by atoms with Crippen molar-refractivity contribution in [2.24, 2.45) is 11.8 Å². The number of ether oxygens (including phenoxy) is 2. The maximum absolute atomic E-state index is 14.3. The molecule has 0 radical (unpaired) electrons. The molecule has 1 aromatic heterocycles. The van der Waals surface area contributed by atoms with Crippen molar-refractivity contribution in [2.75, 3.05) is 13.7 Å². The van der Waals surface area contributed by atoms with Crippen LogP contribution in [0.15, 0.2) is 36.5 Å². The SMILES string of the molecule is COc1ccc(F)c(C2CCC(COc3cc([C@@H](CC(=O)O)C4CC4)ccn3)CC2)c1. The number of methoxy groups -OCH3 is 1. The Labute approximate surface area is 182 Å². The number of halogens is 1. The van der Waals surface area contributed by atoms with Gasteiger partial charge >= 0.3 is 5.97 Å². The lowest BCUT2D eigenvalue weighted by molar-refractivity contribution is -0.137. The third-order valence-electron chi connectivity index (χ3n) is 6.73. The number of aromatic nitrogens is 1. The molecule has 1 heterocycles. The Morgan fingerprint density at radius 2 is 1.94 bits per heavy atom. The van der Waals surface area contributed by atoms with E-state index >= 15 is 0 Å². The number of carbonyl (C=O) groups is 1. The summed E-state index contributed by atoms with van der Waals surface area (Å²) < 4.78 is 25.5. The Hall–Kier alpha value is -2.63. The first-order chi connectivity index (χ1) is 15.0. The summed E-state index contributed by atoms with van der Waals surface area (Å²) in [6.45, 7) is 0.580. The summed E-state index contributed by atoms with van der Waals surface area (Å²) in [5, 5.41) is 9.24. The van der Waals surface area contributed by atoms with Crippen molar-refractivity contribution < 1.29 is 23.8 Å². The van der Waals surface area contributed by atoms with E-state index in [0.717, 1.165) is 49.7 Å². The highest BCUT2D eigenvalue weighted by molar-refractivity contribution is 5.68. The lowest BCUT2D eigenvalue weighted by Crippen LogP contribution is -2.20. The van der Waals surface area contributed by atoms with Gasteiger partial charge in [-0.25, -0.2) is 9.37 Å². The fourth-order valence-corrected chi connectivity index (χ4v) is 4.78. The zero-order chi connectivity index (χ0) is 21.8. The molecular formula is C25H30FNO4. The summed E-state index contributed by atoms with van der Waals surface area (Å²) in [6.07, 6.45) is 7.85. The van der Waals surface area contributed by atoms with Crippen LogP contribution in [0.3, 0.4) is 0 Å². The number of rotatable bonds is 9. The van der Waals surface area contributed by atoms with Gasteiger partial charge in [0.1, 0.15) is 11.6 Å². The molecule has 4 rings (SSSR count). The van der Waals surface area contributed by atoms with Crippen LogP contribution in [0.5, 0.6) is 11.6 Å². The molecule has 1 atom stereocenters. The van der Waals surface area contributed by atoms with E-state index in [2.05, 4.69) is 4.98 Å². The van der Waals surface area contributed by atoms with Crippen molar-refractivity contribution in [3.05, 3.63) is 53.5 Å². The first-order valence-electron chi connectivity index (χ1n) is 11.2. The average Bonchev–Trinajstić information content (AvgIpc) is 3.62. The number of aliphatic carboxylic acids is 1. The quantitative estimate of drug-likeness (QED) is 0.568. The third-order valence-corrected chi connectivity index (χ3v) is 6.73. The molecule has 0 unspecified atom stereocenters. The summed E-state index contributed by atoms with van der Waals surface area (Å²) in [5.41, 5.74) is 1.75. The van der Waals surface area contributed by atoms with E-state index < -0.39 is 5.97 Å². The van der Waals surface area contributed by atoms with Gasteiger partial charge in [-0.05, 0) is 97.6 Å². The van der Waals surface area contributed by atoms with E-state index in [1.807, 2.05) is 18.2 Å². The van der Waals surface area contributed by atoms with Crippen molar-refractivity contribution in [1.29, 1.82) is 0 Å². The van der Waals surface area contributed by atoms with Crippen LogP contribution in [0.2, 0.25) is 0 Å². The molecule has 0 amide bonds. The number of hydrogen-bond donors (Lipinski definition) is 1. The Morgan fingerprint density at radius 1 is 1.16 bits per heavy atom. The molecule has 0 bridgehead atoms. The van der Waals surface area contributed by atoms with Crippen LogP contribution in [0.1, 0.15) is 67.9 Å². The van der Waals surface area contributed by atoms with Gasteiger partial charge in [0.25, 0.3) is 0 Å². The van der Waals surface area contributed by atoms with Gasteiger partial charge in [0, 0.05) is 12.3 Å². The average molecular weight is 428 g/mol. The monoisotopic (exact) mass is 427 g/mol. The second-order valence-corrected chi connectivity index (χ2v) is 8.89. The fraction of sp³-hybridized carbons (Fsp3) is 0.520. The van der Waals surface area contributed by atoms with Gasteiger partial charge in [-0.2, -0.15) is 0 Å². The van der Waals surface area contributed by atoms with Gasteiger partial charge in [0.15, 0.2) is 0 Å². The maximum atomic E-state index is 14.3. The molecule has 1 aromatic carbocycles. The van der Waals surface area contributed by atoms with Gasteiger partial charge in [-0.1, -0.05) is 0 Å². The van der Waals surface area contributed by atoms with Crippen molar-refractivity contribution in [2.45, 2.75) is 56.8 Å². The summed E-state index contributed by atoms with van der Waals surface area (Å²) in [7, 11) is 1.60. The van der Waals surface area contributed by atoms with E-state index in [1.165, 1.54) is 6.07 Å². The number of nitrogens with zero attached hydrogens (tertiary/aromatic N) is 1. The smallest absolute Gasteiger partial charge is 0.303 e. The van der Waals surface area contributed by atoms with Crippen LogP contribution in [0.4, 0.5) is 4.39 Å². The highest BCUT2D eigenvalue weighted by Crippen LogP contribution is 2.45. The van der Waals surface area contributed by atoms with Crippen molar-refractivity contribution in [3.8, 4) is 11.6 Å². The largest absolute Gasteiger partial charge is 0.497 e. The molecule has 2 aromatic rings.